The fraction of sp³-hybridized carbons (Fsp3) is 0.750. The Labute approximate surface area is 113 Å². The van der Waals surface area contributed by atoms with Crippen LogP contribution in [-0.4, -0.2) is 29.3 Å². The number of ether oxygens (including phenoxy) is 2. The van der Waals surface area contributed by atoms with E-state index in [1.54, 1.807) is 10.9 Å². The summed E-state index contributed by atoms with van der Waals surface area (Å²) < 4.78 is 12.8. The van der Waals surface area contributed by atoms with Crippen molar-refractivity contribution in [3.63, 3.8) is 0 Å². The molecule has 104 valence electrons. The minimum Gasteiger partial charge on any atom is -0.351 e. The van der Waals surface area contributed by atoms with Gasteiger partial charge in [0.15, 0.2) is 6.29 Å². The predicted molar refractivity (Wildman–Crippen MR) is 71.6 cm³/mol. The highest BCUT2D eigenvalue weighted by Gasteiger charge is 2.27. The van der Waals surface area contributed by atoms with Crippen LogP contribution < -0.4 is 5.73 Å². The second kappa shape index (κ2) is 7.09. The van der Waals surface area contributed by atoms with E-state index in [2.05, 4.69) is 5.10 Å². The van der Waals surface area contributed by atoms with E-state index in [1.807, 2.05) is 27.7 Å². The van der Waals surface area contributed by atoms with Gasteiger partial charge >= 0.3 is 0 Å². The van der Waals surface area contributed by atoms with E-state index in [-0.39, 0.29) is 6.04 Å². The number of hydrogen-bond donors (Lipinski definition) is 1. The normalized spacial score (nSPS) is 13.6. The molecule has 0 aliphatic heterocycles. The summed E-state index contributed by atoms with van der Waals surface area (Å²) in [6.45, 7) is 8.92. The van der Waals surface area contributed by atoms with Crippen LogP contribution in [0.2, 0.25) is 5.02 Å². The van der Waals surface area contributed by atoms with Crippen molar-refractivity contribution < 1.29 is 9.47 Å². The average molecular weight is 276 g/mol. The summed E-state index contributed by atoms with van der Waals surface area (Å²) in [7, 11) is 0. The summed E-state index contributed by atoms with van der Waals surface area (Å²) in [5.41, 5.74) is 6.95. The van der Waals surface area contributed by atoms with Crippen molar-refractivity contribution >= 4 is 11.6 Å². The van der Waals surface area contributed by atoms with Gasteiger partial charge in [0.1, 0.15) is 0 Å². The van der Waals surface area contributed by atoms with Gasteiger partial charge in [0, 0.05) is 19.3 Å². The van der Waals surface area contributed by atoms with Gasteiger partial charge in [-0.2, -0.15) is 5.10 Å². The van der Waals surface area contributed by atoms with Crippen molar-refractivity contribution in [1.29, 1.82) is 0 Å². The van der Waals surface area contributed by atoms with Gasteiger partial charge in [-0.1, -0.05) is 11.6 Å². The quantitative estimate of drug-likeness (QED) is 0.777. The molecule has 1 heterocycles. The monoisotopic (exact) mass is 275 g/mol. The largest absolute Gasteiger partial charge is 0.351 e. The molecule has 0 saturated carbocycles. The molecule has 0 bridgehead atoms. The molecular weight excluding hydrogens is 254 g/mol. The smallest absolute Gasteiger partial charge is 0.178 e. The summed E-state index contributed by atoms with van der Waals surface area (Å²) in [6.07, 6.45) is 1.10. The second-order valence-corrected chi connectivity index (χ2v) is 4.63. The number of aromatic nitrogens is 2. The fourth-order valence-electron chi connectivity index (χ4n) is 1.79. The van der Waals surface area contributed by atoms with E-state index in [0.29, 0.717) is 18.2 Å². The molecule has 0 aliphatic rings. The lowest BCUT2D eigenvalue weighted by Crippen LogP contribution is -2.34. The standard InChI is InChI=1S/C12H22ClN3O2/c1-5-17-12(18-6-2)10(14)11-9(13)7-15-16(11)8(3)4/h7-8,10,12H,5-6,14H2,1-4H3. The Bertz CT molecular complexity index is 362. The van der Waals surface area contributed by atoms with Crippen molar-refractivity contribution in [3.05, 3.63) is 16.9 Å². The van der Waals surface area contributed by atoms with Gasteiger partial charge < -0.3 is 15.2 Å². The molecule has 2 N–H and O–H groups in total. The van der Waals surface area contributed by atoms with Gasteiger partial charge in [0.05, 0.1) is 23.0 Å². The predicted octanol–water partition coefficient (Wildman–Crippen LogP) is 2.52. The molecule has 18 heavy (non-hydrogen) atoms. The van der Waals surface area contributed by atoms with Crippen molar-refractivity contribution in [2.45, 2.75) is 46.1 Å². The first kappa shape index (κ1) is 15.4. The fourth-order valence-corrected chi connectivity index (χ4v) is 2.04. The molecule has 1 rings (SSSR count). The first-order valence-corrected chi connectivity index (χ1v) is 6.62. The highest BCUT2D eigenvalue weighted by molar-refractivity contribution is 6.31. The van der Waals surface area contributed by atoms with Gasteiger partial charge in [-0.25, -0.2) is 0 Å². The molecule has 0 aromatic carbocycles. The lowest BCUT2D eigenvalue weighted by molar-refractivity contribution is -0.150. The Kier molecular flexibility index (Phi) is 6.08. The van der Waals surface area contributed by atoms with Crippen LogP contribution in [0.15, 0.2) is 6.20 Å². The van der Waals surface area contributed by atoms with Crippen LogP contribution in [-0.2, 0) is 9.47 Å². The van der Waals surface area contributed by atoms with E-state index in [4.69, 9.17) is 26.8 Å². The van der Waals surface area contributed by atoms with Crippen LogP contribution >= 0.6 is 11.6 Å². The summed E-state index contributed by atoms with van der Waals surface area (Å²) >= 11 is 6.15. The van der Waals surface area contributed by atoms with Gasteiger partial charge in [-0.3, -0.25) is 4.68 Å². The van der Waals surface area contributed by atoms with E-state index in [9.17, 15) is 0 Å². The molecule has 0 saturated heterocycles. The SMILES string of the molecule is CCOC(OCC)C(N)c1c(Cl)cnn1C(C)C. The summed E-state index contributed by atoms with van der Waals surface area (Å²) in [5.74, 6) is 0. The molecule has 0 spiro atoms. The number of nitrogens with two attached hydrogens (primary N) is 1. The van der Waals surface area contributed by atoms with Crippen LogP contribution in [0, 0.1) is 0 Å². The molecular formula is C12H22ClN3O2. The number of halogens is 1. The number of rotatable bonds is 7. The Morgan fingerprint density at radius 1 is 1.33 bits per heavy atom. The van der Waals surface area contributed by atoms with Gasteiger partial charge in [-0.15, -0.1) is 0 Å². The van der Waals surface area contributed by atoms with Crippen LogP contribution in [0.5, 0.6) is 0 Å². The lowest BCUT2D eigenvalue weighted by Gasteiger charge is -2.25. The van der Waals surface area contributed by atoms with E-state index in [1.165, 1.54) is 0 Å². The highest BCUT2D eigenvalue weighted by atomic mass is 35.5. The summed E-state index contributed by atoms with van der Waals surface area (Å²) in [5, 5.41) is 4.77. The van der Waals surface area contributed by atoms with Gasteiger partial charge in [0.2, 0.25) is 0 Å². The molecule has 6 heteroatoms. The second-order valence-electron chi connectivity index (χ2n) is 4.22. The summed E-state index contributed by atoms with van der Waals surface area (Å²) in [4.78, 5) is 0. The molecule has 1 atom stereocenters. The van der Waals surface area contributed by atoms with E-state index in [0.717, 1.165) is 5.69 Å². The minimum atomic E-state index is -0.508. The van der Waals surface area contributed by atoms with Crippen LogP contribution in [0.25, 0.3) is 0 Å². The third-order valence-electron chi connectivity index (χ3n) is 2.55. The molecule has 1 unspecified atom stereocenters. The maximum absolute atomic E-state index is 6.20. The Morgan fingerprint density at radius 2 is 1.89 bits per heavy atom. The van der Waals surface area contributed by atoms with E-state index < -0.39 is 12.3 Å². The Hall–Kier alpha value is -0.620. The van der Waals surface area contributed by atoms with Crippen LogP contribution in [0.3, 0.4) is 0 Å². The zero-order valence-corrected chi connectivity index (χ0v) is 12.1. The third kappa shape index (κ3) is 3.45. The molecule has 1 aromatic heterocycles. The van der Waals surface area contributed by atoms with Crippen molar-refractivity contribution in [2.24, 2.45) is 5.73 Å². The van der Waals surface area contributed by atoms with E-state index >= 15 is 0 Å². The topological polar surface area (TPSA) is 62.3 Å². The van der Waals surface area contributed by atoms with Crippen molar-refractivity contribution in [3.8, 4) is 0 Å². The van der Waals surface area contributed by atoms with Gasteiger partial charge in [-0.05, 0) is 27.7 Å². The maximum atomic E-state index is 6.20. The first-order chi connectivity index (χ1) is 8.52. The van der Waals surface area contributed by atoms with Crippen molar-refractivity contribution in [2.75, 3.05) is 13.2 Å². The average Bonchev–Trinajstić information content (AvgIpc) is 2.70. The maximum Gasteiger partial charge on any atom is 0.178 e. The van der Waals surface area contributed by atoms with Crippen LogP contribution in [0.4, 0.5) is 0 Å². The minimum absolute atomic E-state index is 0.183. The molecule has 0 fully saturated rings. The Balaban J connectivity index is 2.99. The zero-order valence-electron chi connectivity index (χ0n) is 11.4. The van der Waals surface area contributed by atoms with Crippen molar-refractivity contribution in [1.82, 2.24) is 9.78 Å². The molecule has 1 aromatic rings. The lowest BCUT2D eigenvalue weighted by atomic mass is 10.2. The van der Waals surface area contributed by atoms with Gasteiger partial charge in [0.25, 0.3) is 0 Å². The molecule has 5 nitrogen and oxygen atoms in total. The molecule has 0 radical (unpaired) electrons. The zero-order chi connectivity index (χ0) is 13.7. The summed E-state index contributed by atoms with van der Waals surface area (Å²) in [6, 6.07) is -0.273. The first-order valence-electron chi connectivity index (χ1n) is 6.24. The number of nitrogens with zero attached hydrogens (tertiary/aromatic N) is 2. The highest BCUT2D eigenvalue weighted by Crippen LogP contribution is 2.27. The Morgan fingerprint density at radius 3 is 2.33 bits per heavy atom. The van der Waals surface area contributed by atoms with Crippen LogP contribution in [0.1, 0.15) is 45.5 Å². The number of hydrogen-bond acceptors (Lipinski definition) is 4. The molecule has 0 aliphatic carbocycles. The molecule has 0 amide bonds. The third-order valence-corrected chi connectivity index (χ3v) is 2.84.